The summed E-state index contributed by atoms with van der Waals surface area (Å²) in [6, 6.07) is 0. The van der Waals surface area contributed by atoms with Gasteiger partial charge in [-0.1, -0.05) is 0 Å². The smallest absolute Gasteiger partial charge is 0.291 e. The molecule has 6 nitrogen and oxygen atoms in total. The van der Waals surface area contributed by atoms with E-state index in [-0.39, 0.29) is 28.0 Å². The fourth-order valence-electron chi connectivity index (χ4n) is 0.920. The van der Waals surface area contributed by atoms with Crippen LogP contribution in [0.3, 0.4) is 0 Å². The summed E-state index contributed by atoms with van der Waals surface area (Å²) in [6.07, 6.45) is 0. The van der Waals surface area contributed by atoms with E-state index >= 15 is 0 Å². The van der Waals surface area contributed by atoms with Gasteiger partial charge in [-0.2, -0.15) is 9.97 Å². The van der Waals surface area contributed by atoms with E-state index in [0.717, 1.165) is 3.59 Å². The first-order chi connectivity index (χ1) is 6.09. The Labute approximate surface area is 85.1 Å². The average Bonchev–Trinajstić information content (AvgIpc) is 2.42. The average molecular weight is 264 g/mol. The number of nitrogens with one attached hydrogen (secondary N) is 1. The van der Waals surface area contributed by atoms with Crippen molar-refractivity contribution in [1.82, 2.24) is 18.5 Å². The predicted molar refractivity (Wildman–Crippen MR) is 51.9 cm³/mol. The first kappa shape index (κ1) is 8.52. The van der Waals surface area contributed by atoms with E-state index < -0.39 is 0 Å². The Morgan fingerprint density at radius 1 is 1.54 bits per heavy atom. The minimum atomic E-state index is -0.373. The molecule has 0 bridgehead atoms. The number of hydrogen-bond donors (Lipinski definition) is 2. The summed E-state index contributed by atoms with van der Waals surface area (Å²) in [5.41, 5.74) is 5.46. The van der Waals surface area contributed by atoms with Gasteiger partial charge in [-0.15, -0.1) is 0 Å². The Bertz CT molecular complexity index is 531. The molecule has 0 fully saturated rings. The van der Waals surface area contributed by atoms with Crippen LogP contribution in [0.25, 0.3) is 11.2 Å². The lowest BCUT2D eigenvalue weighted by molar-refractivity contribution is 1.12. The van der Waals surface area contributed by atoms with Crippen LogP contribution in [-0.4, -0.2) is 18.5 Å². The highest BCUT2D eigenvalue weighted by atomic mass is 79.9. The van der Waals surface area contributed by atoms with Gasteiger partial charge in [-0.25, -0.2) is 3.59 Å². The van der Waals surface area contributed by atoms with Gasteiger partial charge in [0.05, 0.1) is 16.1 Å². The maximum absolute atomic E-state index is 11.4. The zero-order chi connectivity index (χ0) is 9.59. The summed E-state index contributed by atoms with van der Waals surface area (Å²) in [7, 11) is 0. The van der Waals surface area contributed by atoms with Crippen LogP contribution in [0.15, 0.2) is 4.79 Å². The molecule has 2 aromatic heterocycles. The van der Waals surface area contributed by atoms with Crippen molar-refractivity contribution in [2.45, 2.75) is 0 Å². The van der Waals surface area contributed by atoms with Crippen LogP contribution < -0.4 is 11.3 Å². The van der Waals surface area contributed by atoms with Crippen LogP contribution in [0, 0.1) is 0 Å². The fourth-order valence-corrected chi connectivity index (χ4v) is 1.35. The quantitative estimate of drug-likeness (QED) is 0.679. The molecule has 0 unspecified atom stereocenters. The third-order valence-electron chi connectivity index (χ3n) is 1.47. The van der Waals surface area contributed by atoms with Crippen molar-refractivity contribution < 1.29 is 0 Å². The molecular formula is C5H3BrClN5O. The van der Waals surface area contributed by atoms with Crippen LogP contribution in [0.2, 0.25) is 5.28 Å². The van der Waals surface area contributed by atoms with Gasteiger partial charge >= 0.3 is 0 Å². The number of nitrogens with two attached hydrogens (primary N) is 1. The van der Waals surface area contributed by atoms with Gasteiger partial charge in [-0.3, -0.25) is 4.79 Å². The first-order valence-electron chi connectivity index (χ1n) is 3.19. The van der Waals surface area contributed by atoms with E-state index in [9.17, 15) is 4.79 Å². The summed E-state index contributed by atoms with van der Waals surface area (Å²) in [5.74, 6) is 0.0284. The maximum atomic E-state index is 11.4. The molecule has 0 amide bonds. The van der Waals surface area contributed by atoms with Crippen LogP contribution in [0.1, 0.15) is 0 Å². The van der Waals surface area contributed by atoms with Crippen molar-refractivity contribution in [2.24, 2.45) is 0 Å². The summed E-state index contributed by atoms with van der Waals surface area (Å²) < 4.78 is 1.03. The lowest BCUT2D eigenvalue weighted by Gasteiger charge is -1.96. The molecule has 0 aliphatic rings. The van der Waals surface area contributed by atoms with E-state index in [4.69, 9.17) is 17.3 Å². The van der Waals surface area contributed by atoms with Gasteiger partial charge < -0.3 is 10.7 Å². The number of halogens is 2. The molecule has 0 saturated heterocycles. The number of aromatic nitrogens is 4. The Hall–Kier alpha value is -1.08. The van der Waals surface area contributed by atoms with E-state index in [0.29, 0.717) is 0 Å². The minimum absolute atomic E-state index is 0.0284. The molecule has 68 valence electrons. The molecule has 0 aliphatic heterocycles. The normalized spacial score (nSPS) is 10.9. The highest BCUT2D eigenvalue weighted by Crippen LogP contribution is 2.10. The standard InChI is InChI=1S/C5H3BrClN5O/c6-12-3(13)1-2(11-5(12)8)10-4(7)9-1/h(H2,8,11)(H,9,10). The van der Waals surface area contributed by atoms with Gasteiger partial charge in [0.2, 0.25) is 11.2 Å². The van der Waals surface area contributed by atoms with Crippen LogP contribution >= 0.6 is 27.7 Å². The summed E-state index contributed by atoms with van der Waals surface area (Å²) >= 11 is 8.48. The van der Waals surface area contributed by atoms with Gasteiger partial charge in [0.25, 0.3) is 5.56 Å². The molecule has 2 heterocycles. The fraction of sp³-hybridized carbons (Fsp3) is 0. The third-order valence-corrected chi connectivity index (χ3v) is 2.33. The van der Waals surface area contributed by atoms with Crippen LogP contribution in [-0.2, 0) is 0 Å². The zero-order valence-electron chi connectivity index (χ0n) is 6.08. The number of H-pyrrole nitrogens is 1. The van der Waals surface area contributed by atoms with Gasteiger partial charge in [0, 0.05) is 0 Å². The molecular weight excluding hydrogens is 261 g/mol. The molecule has 8 heteroatoms. The van der Waals surface area contributed by atoms with Crippen molar-refractivity contribution in [3.63, 3.8) is 0 Å². The number of aromatic amines is 1. The van der Waals surface area contributed by atoms with E-state index in [1.165, 1.54) is 0 Å². The minimum Gasteiger partial charge on any atom is -0.368 e. The van der Waals surface area contributed by atoms with Gasteiger partial charge in [-0.05, 0) is 11.6 Å². The molecule has 2 aromatic rings. The monoisotopic (exact) mass is 263 g/mol. The Morgan fingerprint density at radius 3 is 2.92 bits per heavy atom. The number of anilines is 1. The van der Waals surface area contributed by atoms with Crippen molar-refractivity contribution in [2.75, 3.05) is 5.73 Å². The third kappa shape index (κ3) is 1.20. The second-order valence-electron chi connectivity index (χ2n) is 2.28. The topological polar surface area (TPSA) is 89.6 Å². The highest BCUT2D eigenvalue weighted by Gasteiger charge is 2.10. The highest BCUT2D eigenvalue weighted by molar-refractivity contribution is 9.08. The van der Waals surface area contributed by atoms with Crippen molar-refractivity contribution >= 4 is 44.9 Å². The number of rotatable bonds is 0. The predicted octanol–water partition coefficient (Wildman–Crippen LogP) is 0.513. The van der Waals surface area contributed by atoms with Crippen molar-refractivity contribution in [3.8, 4) is 0 Å². The SMILES string of the molecule is Nc1nc2nc(Cl)[nH]c2c(=O)n1Br. The summed E-state index contributed by atoms with van der Waals surface area (Å²) in [5, 5.41) is 0.109. The first-order valence-corrected chi connectivity index (χ1v) is 4.28. The lowest BCUT2D eigenvalue weighted by atomic mass is 10.5. The molecule has 2 rings (SSSR count). The second kappa shape index (κ2) is 2.71. The van der Waals surface area contributed by atoms with E-state index in [2.05, 4.69) is 31.1 Å². The van der Waals surface area contributed by atoms with Crippen molar-refractivity contribution in [1.29, 1.82) is 0 Å². The number of nitrogen functional groups attached to an aromatic ring is 1. The molecule has 0 aliphatic carbocycles. The number of nitrogens with zero attached hydrogens (tertiary/aromatic N) is 3. The van der Waals surface area contributed by atoms with Crippen molar-refractivity contribution in [3.05, 3.63) is 15.6 Å². The summed E-state index contributed by atoms with van der Waals surface area (Å²) in [4.78, 5) is 21.6. The molecule has 3 N–H and O–H groups in total. The summed E-state index contributed by atoms with van der Waals surface area (Å²) in [6.45, 7) is 0. The molecule has 0 radical (unpaired) electrons. The van der Waals surface area contributed by atoms with Crippen LogP contribution in [0.5, 0.6) is 0 Å². The number of imidazole rings is 1. The molecule has 0 saturated carbocycles. The van der Waals surface area contributed by atoms with Gasteiger partial charge in [0.15, 0.2) is 11.2 Å². The Morgan fingerprint density at radius 2 is 2.23 bits per heavy atom. The molecule has 13 heavy (non-hydrogen) atoms. The van der Waals surface area contributed by atoms with Gasteiger partial charge in [0.1, 0.15) is 0 Å². The number of fused-ring (bicyclic) bond motifs is 1. The second-order valence-corrected chi connectivity index (χ2v) is 3.35. The zero-order valence-corrected chi connectivity index (χ0v) is 8.43. The lowest BCUT2D eigenvalue weighted by Crippen LogP contribution is -2.17. The van der Waals surface area contributed by atoms with Crippen LogP contribution in [0.4, 0.5) is 5.95 Å². The van der Waals surface area contributed by atoms with E-state index in [1.54, 1.807) is 0 Å². The molecule has 0 aromatic carbocycles. The Kier molecular flexibility index (Phi) is 1.77. The van der Waals surface area contributed by atoms with E-state index in [1.807, 2.05) is 0 Å². The largest absolute Gasteiger partial charge is 0.368 e. The number of hydrogen-bond acceptors (Lipinski definition) is 4. The maximum Gasteiger partial charge on any atom is 0.291 e. The molecule has 0 atom stereocenters. The molecule has 0 spiro atoms. The Balaban J connectivity index is 3.01.